The van der Waals surface area contributed by atoms with Gasteiger partial charge in [0.1, 0.15) is 0 Å². The van der Waals surface area contributed by atoms with Gasteiger partial charge in [-0.3, -0.25) is 4.68 Å². The van der Waals surface area contributed by atoms with Crippen LogP contribution in [0, 0.1) is 5.92 Å². The number of nitrogens with zero attached hydrogens (tertiary/aromatic N) is 2. The van der Waals surface area contributed by atoms with Crippen molar-refractivity contribution in [2.24, 2.45) is 13.0 Å². The minimum Gasteiger partial charge on any atom is -0.309 e. The van der Waals surface area contributed by atoms with Crippen molar-refractivity contribution < 1.29 is 0 Å². The van der Waals surface area contributed by atoms with Gasteiger partial charge < -0.3 is 5.32 Å². The number of aryl methyl sites for hydroxylation is 1. The van der Waals surface area contributed by atoms with Gasteiger partial charge in [-0.25, -0.2) is 0 Å². The molecule has 1 saturated carbocycles. The van der Waals surface area contributed by atoms with Crippen molar-refractivity contribution in [3.8, 4) is 0 Å². The van der Waals surface area contributed by atoms with Crippen LogP contribution in [0.4, 0.5) is 0 Å². The summed E-state index contributed by atoms with van der Waals surface area (Å²) in [4.78, 5) is 0. The second kappa shape index (κ2) is 5.48. The molecule has 1 heterocycles. The molecule has 0 aromatic carbocycles. The molecule has 0 spiro atoms. The molecule has 1 unspecified atom stereocenters. The van der Waals surface area contributed by atoms with Crippen LogP contribution in [0.2, 0.25) is 0 Å². The van der Waals surface area contributed by atoms with Crippen LogP contribution in [0.5, 0.6) is 0 Å². The first-order valence-corrected chi connectivity index (χ1v) is 6.52. The van der Waals surface area contributed by atoms with Gasteiger partial charge >= 0.3 is 0 Å². The molecule has 0 saturated heterocycles. The molecular formula is C13H23N3. The van der Waals surface area contributed by atoms with E-state index in [4.69, 9.17) is 0 Å². The van der Waals surface area contributed by atoms with Crippen molar-refractivity contribution in [3.05, 3.63) is 18.0 Å². The van der Waals surface area contributed by atoms with E-state index in [1.807, 2.05) is 17.9 Å². The Hall–Kier alpha value is -0.830. The first kappa shape index (κ1) is 11.6. The Bertz CT molecular complexity index is 313. The molecule has 3 heteroatoms. The molecule has 0 bridgehead atoms. The summed E-state index contributed by atoms with van der Waals surface area (Å²) in [5, 5.41) is 7.86. The molecule has 1 aromatic heterocycles. The molecule has 3 nitrogen and oxygen atoms in total. The Balaban J connectivity index is 2.01. The standard InChI is InChI=1S/C13H23N3/c1-3-14-12(10-11-6-4-5-7-11)13-8-9-15-16(13)2/h8-9,11-12,14H,3-7,10H2,1-2H3. The van der Waals surface area contributed by atoms with E-state index >= 15 is 0 Å². The van der Waals surface area contributed by atoms with Crippen molar-refractivity contribution in [2.75, 3.05) is 6.54 Å². The molecule has 1 aromatic rings. The molecule has 90 valence electrons. The fourth-order valence-corrected chi connectivity index (χ4v) is 2.86. The maximum Gasteiger partial charge on any atom is 0.0550 e. The number of rotatable bonds is 5. The van der Waals surface area contributed by atoms with Gasteiger partial charge in [0.15, 0.2) is 0 Å². The van der Waals surface area contributed by atoms with Crippen molar-refractivity contribution in [3.63, 3.8) is 0 Å². The first-order valence-electron chi connectivity index (χ1n) is 6.52. The molecule has 0 amide bonds. The normalized spacial score (nSPS) is 19.1. The summed E-state index contributed by atoms with van der Waals surface area (Å²) in [6, 6.07) is 2.63. The zero-order valence-electron chi connectivity index (χ0n) is 10.4. The summed E-state index contributed by atoms with van der Waals surface area (Å²) < 4.78 is 2.00. The third-order valence-electron chi connectivity index (χ3n) is 3.71. The summed E-state index contributed by atoms with van der Waals surface area (Å²) >= 11 is 0. The Morgan fingerprint density at radius 2 is 2.25 bits per heavy atom. The highest BCUT2D eigenvalue weighted by molar-refractivity contribution is 5.07. The van der Waals surface area contributed by atoms with Crippen LogP contribution >= 0.6 is 0 Å². The lowest BCUT2D eigenvalue weighted by Crippen LogP contribution is -2.25. The first-order chi connectivity index (χ1) is 7.81. The SMILES string of the molecule is CCNC(CC1CCCC1)c1ccnn1C. The second-order valence-corrected chi connectivity index (χ2v) is 4.88. The van der Waals surface area contributed by atoms with Gasteiger partial charge in [-0.2, -0.15) is 5.10 Å². The largest absolute Gasteiger partial charge is 0.309 e. The van der Waals surface area contributed by atoms with Crippen LogP contribution in [-0.2, 0) is 7.05 Å². The summed E-state index contributed by atoms with van der Waals surface area (Å²) in [6.45, 7) is 3.21. The van der Waals surface area contributed by atoms with Crippen LogP contribution in [0.25, 0.3) is 0 Å². The van der Waals surface area contributed by atoms with E-state index in [1.165, 1.54) is 37.8 Å². The Kier molecular flexibility index (Phi) is 3.99. The minimum atomic E-state index is 0.487. The van der Waals surface area contributed by atoms with Crippen molar-refractivity contribution in [1.82, 2.24) is 15.1 Å². The highest BCUT2D eigenvalue weighted by Crippen LogP contribution is 2.32. The molecule has 0 aliphatic heterocycles. The van der Waals surface area contributed by atoms with E-state index < -0.39 is 0 Å². The highest BCUT2D eigenvalue weighted by atomic mass is 15.3. The van der Waals surface area contributed by atoms with Gasteiger partial charge in [-0.15, -0.1) is 0 Å². The van der Waals surface area contributed by atoms with Crippen molar-refractivity contribution >= 4 is 0 Å². The van der Waals surface area contributed by atoms with E-state index in [9.17, 15) is 0 Å². The maximum absolute atomic E-state index is 4.27. The predicted molar refractivity (Wildman–Crippen MR) is 66.2 cm³/mol. The summed E-state index contributed by atoms with van der Waals surface area (Å²) in [5.74, 6) is 0.916. The van der Waals surface area contributed by atoms with Gasteiger partial charge in [0.05, 0.1) is 5.69 Å². The van der Waals surface area contributed by atoms with Crippen LogP contribution in [0.1, 0.15) is 50.8 Å². The fourth-order valence-electron chi connectivity index (χ4n) is 2.86. The third kappa shape index (κ3) is 2.64. The van der Waals surface area contributed by atoms with Crippen LogP contribution in [-0.4, -0.2) is 16.3 Å². The monoisotopic (exact) mass is 221 g/mol. The second-order valence-electron chi connectivity index (χ2n) is 4.88. The van der Waals surface area contributed by atoms with Gasteiger partial charge in [0, 0.05) is 19.3 Å². The van der Waals surface area contributed by atoms with E-state index in [2.05, 4.69) is 23.4 Å². The van der Waals surface area contributed by atoms with E-state index in [0.717, 1.165) is 12.5 Å². The lowest BCUT2D eigenvalue weighted by Gasteiger charge is -2.21. The van der Waals surface area contributed by atoms with E-state index in [0.29, 0.717) is 6.04 Å². The van der Waals surface area contributed by atoms with Gasteiger partial charge in [-0.05, 0) is 24.9 Å². The summed E-state index contributed by atoms with van der Waals surface area (Å²) in [5.41, 5.74) is 1.33. The van der Waals surface area contributed by atoms with Crippen LogP contribution in [0.3, 0.4) is 0 Å². The molecule has 1 atom stereocenters. The predicted octanol–water partition coefficient (Wildman–Crippen LogP) is 2.65. The van der Waals surface area contributed by atoms with Crippen molar-refractivity contribution in [1.29, 1.82) is 0 Å². The average molecular weight is 221 g/mol. The molecular weight excluding hydrogens is 198 g/mol. The summed E-state index contributed by atoms with van der Waals surface area (Å²) in [6.07, 6.45) is 8.85. The highest BCUT2D eigenvalue weighted by Gasteiger charge is 2.22. The molecule has 1 aliphatic rings. The van der Waals surface area contributed by atoms with Crippen LogP contribution < -0.4 is 5.32 Å². The van der Waals surface area contributed by atoms with Gasteiger partial charge in [-0.1, -0.05) is 32.6 Å². The fraction of sp³-hybridized carbons (Fsp3) is 0.769. The lowest BCUT2D eigenvalue weighted by molar-refractivity contribution is 0.385. The molecule has 0 radical (unpaired) electrons. The smallest absolute Gasteiger partial charge is 0.0550 e. The van der Waals surface area contributed by atoms with Gasteiger partial charge in [0.2, 0.25) is 0 Å². The number of nitrogens with one attached hydrogen (secondary N) is 1. The van der Waals surface area contributed by atoms with E-state index in [1.54, 1.807) is 0 Å². The zero-order valence-corrected chi connectivity index (χ0v) is 10.4. The van der Waals surface area contributed by atoms with E-state index in [-0.39, 0.29) is 0 Å². The Labute approximate surface area is 98.2 Å². The summed E-state index contributed by atoms with van der Waals surface area (Å²) in [7, 11) is 2.04. The lowest BCUT2D eigenvalue weighted by atomic mass is 9.96. The average Bonchev–Trinajstić information content (AvgIpc) is 2.88. The zero-order chi connectivity index (χ0) is 11.4. The van der Waals surface area contributed by atoms with Gasteiger partial charge in [0.25, 0.3) is 0 Å². The Morgan fingerprint density at radius 1 is 1.50 bits per heavy atom. The minimum absolute atomic E-state index is 0.487. The Morgan fingerprint density at radius 3 is 2.81 bits per heavy atom. The number of hydrogen-bond acceptors (Lipinski definition) is 2. The number of hydrogen-bond donors (Lipinski definition) is 1. The molecule has 1 aliphatic carbocycles. The van der Waals surface area contributed by atoms with Crippen LogP contribution in [0.15, 0.2) is 12.3 Å². The van der Waals surface area contributed by atoms with Crippen molar-refractivity contribution in [2.45, 2.75) is 45.1 Å². The third-order valence-corrected chi connectivity index (χ3v) is 3.71. The maximum atomic E-state index is 4.27. The molecule has 1 N–H and O–H groups in total. The number of aromatic nitrogens is 2. The topological polar surface area (TPSA) is 29.9 Å². The molecule has 2 rings (SSSR count). The molecule has 1 fully saturated rings. The molecule has 16 heavy (non-hydrogen) atoms. The quantitative estimate of drug-likeness (QED) is 0.828.